The number of nitrogens with one attached hydrogen (secondary N) is 1. The van der Waals surface area contributed by atoms with Gasteiger partial charge in [-0.15, -0.1) is 0 Å². The zero-order valence-corrected chi connectivity index (χ0v) is 12.2. The van der Waals surface area contributed by atoms with E-state index in [0.29, 0.717) is 0 Å². The van der Waals surface area contributed by atoms with E-state index in [9.17, 15) is 5.11 Å². The molecule has 0 saturated heterocycles. The first-order chi connectivity index (χ1) is 9.59. The maximum absolute atomic E-state index is 9.83. The van der Waals surface area contributed by atoms with Crippen molar-refractivity contribution < 1.29 is 9.84 Å². The second kappa shape index (κ2) is 5.97. The van der Waals surface area contributed by atoms with Crippen molar-refractivity contribution in [1.29, 1.82) is 0 Å². The minimum Gasteiger partial charge on any atom is -0.495 e. The number of aliphatic hydroxyl groups excluding tert-OH is 1. The number of rotatable bonds is 5. The summed E-state index contributed by atoms with van der Waals surface area (Å²) in [5, 5.41) is 13.2. The van der Waals surface area contributed by atoms with E-state index in [1.54, 1.807) is 7.11 Å². The molecule has 3 heteroatoms. The van der Waals surface area contributed by atoms with Crippen LogP contribution in [0.25, 0.3) is 0 Å². The molecule has 0 aliphatic carbocycles. The molecule has 0 fully saturated rings. The molecule has 2 rings (SSSR count). The quantitative estimate of drug-likeness (QED) is 0.876. The summed E-state index contributed by atoms with van der Waals surface area (Å²) in [6.45, 7) is 4.02. The largest absolute Gasteiger partial charge is 0.495 e. The van der Waals surface area contributed by atoms with Gasteiger partial charge in [0, 0.05) is 0 Å². The summed E-state index contributed by atoms with van der Waals surface area (Å²) >= 11 is 0. The number of para-hydroxylation sites is 2. The molecule has 0 radical (unpaired) electrons. The van der Waals surface area contributed by atoms with Crippen molar-refractivity contribution in [2.45, 2.75) is 19.4 Å². The van der Waals surface area contributed by atoms with Gasteiger partial charge in [-0.3, -0.25) is 0 Å². The van der Waals surface area contributed by atoms with Crippen molar-refractivity contribution in [2.24, 2.45) is 0 Å². The van der Waals surface area contributed by atoms with E-state index in [0.717, 1.165) is 17.0 Å². The summed E-state index contributed by atoms with van der Waals surface area (Å²) in [7, 11) is 1.64. The minimum absolute atomic E-state index is 0.00584. The highest BCUT2D eigenvalue weighted by atomic mass is 16.5. The number of ether oxygens (including phenoxy) is 1. The highest BCUT2D eigenvalue weighted by Crippen LogP contribution is 2.31. The molecule has 106 valence electrons. The number of aliphatic hydroxyl groups is 1. The van der Waals surface area contributed by atoms with Gasteiger partial charge in [0.05, 0.1) is 24.9 Å². The second-order valence-corrected chi connectivity index (χ2v) is 5.18. The van der Waals surface area contributed by atoms with Gasteiger partial charge in [-0.25, -0.2) is 0 Å². The van der Waals surface area contributed by atoms with Crippen molar-refractivity contribution >= 4 is 5.69 Å². The van der Waals surface area contributed by atoms with E-state index in [1.165, 1.54) is 5.56 Å². The predicted molar refractivity (Wildman–Crippen MR) is 82.2 cm³/mol. The lowest BCUT2D eigenvalue weighted by molar-refractivity contribution is 0.223. The van der Waals surface area contributed by atoms with Gasteiger partial charge in [0.2, 0.25) is 0 Å². The van der Waals surface area contributed by atoms with Crippen LogP contribution in [0.4, 0.5) is 5.69 Å². The van der Waals surface area contributed by atoms with Crippen LogP contribution in [0, 0.1) is 6.92 Å². The third kappa shape index (κ3) is 2.94. The standard InChI is InChI=1S/C17H21NO2/c1-13-8-10-14(11-9-13)17(2,12-19)18-15-6-4-5-7-16(15)20-3/h4-11,18-19H,12H2,1-3H3. The fraction of sp³-hybridized carbons (Fsp3) is 0.294. The molecule has 2 N–H and O–H groups in total. The van der Waals surface area contributed by atoms with Gasteiger partial charge in [0.15, 0.2) is 0 Å². The molecule has 1 unspecified atom stereocenters. The van der Waals surface area contributed by atoms with E-state index >= 15 is 0 Å². The normalized spacial score (nSPS) is 13.6. The summed E-state index contributed by atoms with van der Waals surface area (Å²) in [6, 6.07) is 15.9. The van der Waals surface area contributed by atoms with Gasteiger partial charge in [0.1, 0.15) is 5.75 Å². The van der Waals surface area contributed by atoms with E-state index in [4.69, 9.17) is 4.74 Å². The number of methoxy groups -OCH3 is 1. The lowest BCUT2D eigenvalue weighted by Crippen LogP contribution is -2.36. The lowest BCUT2D eigenvalue weighted by Gasteiger charge is -2.31. The molecular formula is C17H21NO2. The Bertz CT molecular complexity index is 565. The Morgan fingerprint density at radius 3 is 2.35 bits per heavy atom. The van der Waals surface area contributed by atoms with Crippen LogP contribution in [-0.4, -0.2) is 18.8 Å². The topological polar surface area (TPSA) is 41.5 Å². The van der Waals surface area contributed by atoms with E-state index < -0.39 is 5.54 Å². The summed E-state index contributed by atoms with van der Waals surface area (Å²) in [4.78, 5) is 0. The molecule has 3 nitrogen and oxygen atoms in total. The Morgan fingerprint density at radius 1 is 1.10 bits per heavy atom. The Balaban J connectivity index is 2.34. The Hall–Kier alpha value is -2.00. The molecular weight excluding hydrogens is 250 g/mol. The summed E-state index contributed by atoms with van der Waals surface area (Å²) < 4.78 is 5.35. The molecule has 1 atom stereocenters. The third-order valence-electron chi connectivity index (χ3n) is 3.52. The van der Waals surface area contributed by atoms with Gasteiger partial charge in [-0.05, 0) is 31.5 Å². The average Bonchev–Trinajstić information content (AvgIpc) is 2.48. The monoisotopic (exact) mass is 271 g/mol. The van der Waals surface area contributed by atoms with Gasteiger partial charge in [-0.1, -0.05) is 42.0 Å². The first-order valence-electron chi connectivity index (χ1n) is 6.68. The SMILES string of the molecule is COc1ccccc1NC(C)(CO)c1ccc(C)cc1. The highest BCUT2D eigenvalue weighted by Gasteiger charge is 2.26. The number of aryl methyl sites for hydroxylation is 1. The zero-order chi connectivity index (χ0) is 14.6. The van der Waals surface area contributed by atoms with Crippen molar-refractivity contribution in [3.63, 3.8) is 0 Å². The number of hydrogen-bond acceptors (Lipinski definition) is 3. The number of benzene rings is 2. The maximum Gasteiger partial charge on any atom is 0.141 e. The maximum atomic E-state index is 9.83. The first-order valence-corrected chi connectivity index (χ1v) is 6.68. The predicted octanol–water partition coefficient (Wildman–Crippen LogP) is 3.32. The molecule has 0 aliphatic heterocycles. The van der Waals surface area contributed by atoms with Crippen molar-refractivity contribution in [2.75, 3.05) is 19.0 Å². The summed E-state index contributed by atoms with van der Waals surface area (Å²) in [6.07, 6.45) is 0. The van der Waals surface area contributed by atoms with Gasteiger partial charge < -0.3 is 15.2 Å². The molecule has 0 aromatic heterocycles. The fourth-order valence-corrected chi connectivity index (χ4v) is 2.17. The van der Waals surface area contributed by atoms with E-state index in [2.05, 4.69) is 5.32 Å². The molecule has 0 amide bonds. The highest BCUT2D eigenvalue weighted by molar-refractivity contribution is 5.58. The van der Waals surface area contributed by atoms with Gasteiger partial charge in [0.25, 0.3) is 0 Å². The van der Waals surface area contributed by atoms with Crippen LogP contribution >= 0.6 is 0 Å². The van der Waals surface area contributed by atoms with Gasteiger partial charge in [-0.2, -0.15) is 0 Å². The number of hydrogen-bond donors (Lipinski definition) is 2. The van der Waals surface area contributed by atoms with Crippen molar-refractivity contribution in [3.05, 3.63) is 59.7 Å². The molecule has 2 aromatic rings. The van der Waals surface area contributed by atoms with Crippen LogP contribution in [0.1, 0.15) is 18.1 Å². The van der Waals surface area contributed by atoms with E-state index in [-0.39, 0.29) is 6.61 Å². The fourth-order valence-electron chi connectivity index (χ4n) is 2.17. The molecule has 20 heavy (non-hydrogen) atoms. The summed E-state index contributed by atoms with van der Waals surface area (Å²) in [5.41, 5.74) is 2.55. The Morgan fingerprint density at radius 2 is 1.75 bits per heavy atom. The smallest absolute Gasteiger partial charge is 0.141 e. The first kappa shape index (κ1) is 14.4. The van der Waals surface area contributed by atoms with Crippen molar-refractivity contribution in [3.8, 4) is 5.75 Å². The molecule has 0 saturated carbocycles. The van der Waals surface area contributed by atoms with Crippen LogP contribution < -0.4 is 10.1 Å². The third-order valence-corrected chi connectivity index (χ3v) is 3.52. The second-order valence-electron chi connectivity index (χ2n) is 5.18. The molecule has 0 aliphatic rings. The zero-order valence-electron chi connectivity index (χ0n) is 12.2. The average molecular weight is 271 g/mol. The van der Waals surface area contributed by atoms with Crippen LogP contribution in [0.2, 0.25) is 0 Å². The van der Waals surface area contributed by atoms with Crippen LogP contribution in [0.5, 0.6) is 5.75 Å². The summed E-state index contributed by atoms with van der Waals surface area (Å²) in [5.74, 6) is 0.763. The van der Waals surface area contributed by atoms with Crippen molar-refractivity contribution in [1.82, 2.24) is 0 Å². The minimum atomic E-state index is -0.553. The van der Waals surface area contributed by atoms with Crippen LogP contribution in [0.3, 0.4) is 0 Å². The van der Waals surface area contributed by atoms with Crippen LogP contribution in [0.15, 0.2) is 48.5 Å². The van der Waals surface area contributed by atoms with Gasteiger partial charge >= 0.3 is 0 Å². The Labute approximate surface area is 120 Å². The number of anilines is 1. The van der Waals surface area contributed by atoms with Crippen LogP contribution in [-0.2, 0) is 5.54 Å². The Kier molecular flexibility index (Phi) is 4.30. The van der Waals surface area contributed by atoms with E-state index in [1.807, 2.05) is 62.4 Å². The molecule has 0 heterocycles. The molecule has 0 bridgehead atoms. The molecule has 2 aromatic carbocycles. The lowest BCUT2D eigenvalue weighted by atomic mass is 9.91. The molecule has 0 spiro atoms.